The number of hydrogen-bond donors (Lipinski definition) is 1. The molecule has 0 bridgehead atoms. The first kappa shape index (κ1) is 21.4. The number of furan rings is 1. The minimum absolute atomic E-state index is 0.0944. The van der Waals surface area contributed by atoms with Gasteiger partial charge in [-0.1, -0.05) is 6.07 Å². The third kappa shape index (κ3) is 4.17. The number of carbonyl (C=O) groups excluding carboxylic acids is 1. The van der Waals surface area contributed by atoms with Crippen LogP contribution in [0.1, 0.15) is 23.0 Å². The normalized spacial score (nSPS) is 15.5. The molecule has 1 atom stereocenters. The van der Waals surface area contributed by atoms with Gasteiger partial charge >= 0.3 is 0 Å². The molecule has 168 valence electrons. The highest BCUT2D eigenvalue weighted by Gasteiger charge is 2.32. The summed E-state index contributed by atoms with van der Waals surface area (Å²) in [6.45, 7) is 1.92. The minimum atomic E-state index is -3.31. The Morgan fingerprint density at radius 2 is 1.91 bits per heavy atom. The van der Waals surface area contributed by atoms with E-state index in [9.17, 15) is 13.2 Å². The summed E-state index contributed by atoms with van der Waals surface area (Å²) in [4.78, 5) is 16.9. The zero-order chi connectivity index (χ0) is 23.2. The SMILES string of the molecule is C[C@H]1Cc2cc(-c3csc(-c4ccc(NC(=O)c5ccco5)cc4)n3)ccc2N1S(C)(=O)=O. The fraction of sp³-hybridized carbons (Fsp3) is 0.167. The number of nitrogens with one attached hydrogen (secondary N) is 1. The van der Waals surface area contributed by atoms with Gasteiger partial charge in [-0.25, -0.2) is 13.4 Å². The first-order chi connectivity index (χ1) is 15.8. The van der Waals surface area contributed by atoms with Crippen molar-refractivity contribution in [2.45, 2.75) is 19.4 Å². The maximum Gasteiger partial charge on any atom is 0.291 e. The molecule has 2 aromatic heterocycles. The highest BCUT2D eigenvalue weighted by molar-refractivity contribution is 7.92. The zero-order valence-electron chi connectivity index (χ0n) is 18.0. The molecule has 3 heterocycles. The van der Waals surface area contributed by atoms with Crippen LogP contribution < -0.4 is 9.62 Å². The fourth-order valence-electron chi connectivity index (χ4n) is 4.10. The number of fused-ring (bicyclic) bond motifs is 1. The maximum atomic E-state index is 12.2. The number of nitrogens with zero attached hydrogens (tertiary/aromatic N) is 2. The van der Waals surface area contributed by atoms with Gasteiger partial charge in [-0.3, -0.25) is 9.10 Å². The Morgan fingerprint density at radius 3 is 2.61 bits per heavy atom. The molecule has 5 rings (SSSR count). The molecule has 0 saturated heterocycles. The van der Waals surface area contributed by atoms with Crippen molar-refractivity contribution < 1.29 is 17.6 Å². The Kier molecular flexibility index (Phi) is 5.30. The molecule has 7 nitrogen and oxygen atoms in total. The van der Waals surface area contributed by atoms with Gasteiger partial charge in [0.1, 0.15) is 5.01 Å². The van der Waals surface area contributed by atoms with E-state index in [-0.39, 0.29) is 17.7 Å². The molecule has 0 spiro atoms. The predicted molar refractivity (Wildman–Crippen MR) is 130 cm³/mol. The summed E-state index contributed by atoms with van der Waals surface area (Å²) >= 11 is 1.53. The monoisotopic (exact) mass is 479 g/mol. The number of amides is 1. The number of benzene rings is 2. The van der Waals surface area contributed by atoms with Crippen LogP contribution in [-0.2, 0) is 16.4 Å². The lowest BCUT2D eigenvalue weighted by atomic mass is 10.1. The van der Waals surface area contributed by atoms with E-state index in [0.29, 0.717) is 12.1 Å². The van der Waals surface area contributed by atoms with E-state index >= 15 is 0 Å². The Bertz CT molecular complexity index is 1420. The fourth-order valence-corrected chi connectivity index (χ4v) is 6.20. The number of rotatable bonds is 5. The van der Waals surface area contributed by atoms with Crippen LogP contribution in [0, 0.1) is 0 Å². The molecule has 33 heavy (non-hydrogen) atoms. The van der Waals surface area contributed by atoms with Gasteiger partial charge in [0.05, 0.1) is 23.9 Å². The topological polar surface area (TPSA) is 92.5 Å². The summed E-state index contributed by atoms with van der Waals surface area (Å²) < 4.78 is 30.9. The first-order valence-corrected chi connectivity index (χ1v) is 13.1. The van der Waals surface area contributed by atoms with Gasteiger partial charge in [0, 0.05) is 28.2 Å². The van der Waals surface area contributed by atoms with Crippen molar-refractivity contribution in [2.24, 2.45) is 0 Å². The second kappa shape index (κ2) is 8.17. The van der Waals surface area contributed by atoms with E-state index in [1.165, 1.54) is 28.2 Å². The van der Waals surface area contributed by atoms with E-state index < -0.39 is 10.0 Å². The molecule has 4 aromatic rings. The molecular weight excluding hydrogens is 458 g/mol. The second-order valence-corrected chi connectivity index (χ2v) is 10.7. The lowest BCUT2D eigenvalue weighted by molar-refractivity contribution is 0.0996. The van der Waals surface area contributed by atoms with Crippen molar-refractivity contribution in [1.29, 1.82) is 0 Å². The Hall–Kier alpha value is -3.43. The van der Waals surface area contributed by atoms with Crippen LogP contribution >= 0.6 is 11.3 Å². The van der Waals surface area contributed by atoms with Crippen molar-refractivity contribution in [2.75, 3.05) is 15.9 Å². The molecule has 1 aliphatic heterocycles. The first-order valence-electron chi connectivity index (χ1n) is 10.3. The van der Waals surface area contributed by atoms with E-state index in [1.54, 1.807) is 12.1 Å². The average Bonchev–Trinajstić information content (AvgIpc) is 3.52. The Labute approximate surface area is 195 Å². The summed E-state index contributed by atoms with van der Waals surface area (Å²) in [5.41, 5.74) is 5.17. The molecule has 0 saturated carbocycles. The largest absolute Gasteiger partial charge is 0.459 e. The second-order valence-electron chi connectivity index (χ2n) is 8.00. The van der Waals surface area contributed by atoms with Gasteiger partial charge in [-0.2, -0.15) is 0 Å². The van der Waals surface area contributed by atoms with Gasteiger partial charge < -0.3 is 9.73 Å². The number of aromatic nitrogens is 1. The molecule has 1 aliphatic rings. The van der Waals surface area contributed by atoms with Crippen molar-refractivity contribution in [1.82, 2.24) is 4.98 Å². The molecular formula is C24H21N3O4S2. The molecule has 0 fully saturated rings. The number of anilines is 2. The van der Waals surface area contributed by atoms with Gasteiger partial charge in [-0.15, -0.1) is 11.3 Å². The summed E-state index contributed by atoms with van der Waals surface area (Å²) in [5.74, 6) is -0.0447. The van der Waals surface area contributed by atoms with Crippen LogP contribution in [0.4, 0.5) is 11.4 Å². The molecule has 1 N–H and O–H groups in total. The quantitative estimate of drug-likeness (QED) is 0.433. The number of hydrogen-bond acceptors (Lipinski definition) is 6. The molecule has 9 heteroatoms. The van der Waals surface area contributed by atoms with Gasteiger partial charge in [0.25, 0.3) is 5.91 Å². The van der Waals surface area contributed by atoms with Crippen LogP contribution in [0.2, 0.25) is 0 Å². The Morgan fingerprint density at radius 1 is 1.15 bits per heavy atom. The maximum absolute atomic E-state index is 12.2. The van der Waals surface area contributed by atoms with Crippen LogP contribution in [-0.4, -0.2) is 31.6 Å². The van der Waals surface area contributed by atoms with Crippen LogP contribution in [0.3, 0.4) is 0 Å². The van der Waals surface area contributed by atoms with E-state index in [2.05, 4.69) is 5.32 Å². The standard InChI is InChI=1S/C24H21N3O4S2/c1-15-12-18-13-17(7-10-21(18)27(15)33(2,29)30)20-14-32-24(26-20)16-5-8-19(9-6-16)25-23(28)22-4-3-11-31-22/h3-11,13-15H,12H2,1-2H3,(H,25,28)/t15-/m0/s1. The Balaban J connectivity index is 1.35. The molecule has 1 amide bonds. The van der Waals surface area contributed by atoms with Crippen LogP contribution in [0.15, 0.2) is 70.7 Å². The van der Waals surface area contributed by atoms with Gasteiger partial charge in [-0.05, 0) is 67.4 Å². The average molecular weight is 480 g/mol. The highest BCUT2D eigenvalue weighted by Crippen LogP contribution is 2.38. The third-order valence-corrected chi connectivity index (χ3v) is 7.69. The lowest BCUT2D eigenvalue weighted by Crippen LogP contribution is -2.34. The van der Waals surface area contributed by atoms with Gasteiger partial charge in [0.2, 0.25) is 10.0 Å². The molecule has 0 aliphatic carbocycles. The third-order valence-electron chi connectivity index (χ3n) is 5.52. The van der Waals surface area contributed by atoms with Crippen molar-refractivity contribution >= 4 is 38.6 Å². The summed E-state index contributed by atoms with van der Waals surface area (Å²) in [6.07, 6.45) is 3.38. The van der Waals surface area contributed by atoms with Crippen LogP contribution in [0.25, 0.3) is 21.8 Å². The number of thiazole rings is 1. The van der Waals surface area contributed by atoms with Crippen molar-refractivity contribution in [3.63, 3.8) is 0 Å². The minimum Gasteiger partial charge on any atom is -0.459 e. The van der Waals surface area contributed by atoms with E-state index in [4.69, 9.17) is 9.40 Å². The zero-order valence-corrected chi connectivity index (χ0v) is 19.6. The number of carbonyl (C=O) groups is 1. The summed E-state index contributed by atoms with van der Waals surface area (Å²) in [5, 5.41) is 5.66. The van der Waals surface area contributed by atoms with Gasteiger partial charge in [0.15, 0.2) is 5.76 Å². The van der Waals surface area contributed by atoms with Crippen molar-refractivity contribution in [3.05, 3.63) is 77.6 Å². The molecule has 0 radical (unpaired) electrons. The smallest absolute Gasteiger partial charge is 0.291 e. The lowest BCUT2D eigenvalue weighted by Gasteiger charge is -2.21. The highest BCUT2D eigenvalue weighted by atomic mass is 32.2. The van der Waals surface area contributed by atoms with E-state index in [0.717, 1.165) is 33.1 Å². The number of sulfonamides is 1. The summed E-state index contributed by atoms with van der Waals surface area (Å²) in [6, 6.07) is 16.5. The molecule has 2 aromatic carbocycles. The van der Waals surface area contributed by atoms with Crippen molar-refractivity contribution in [3.8, 4) is 21.8 Å². The predicted octanol–water partition coefficient (Wildman–Crippen LogP) is 5.03. The van der Waals surface area contributed by atoms with Crippen LogP contribution in [0.5, 0.6) is 0 Å². The molecule has 0 unspecified atom stereocenters. The summed E-state index contributed by atoms with van der Waals surface area (Å²) in [7, 11) is -3.31. The van der Waals surface area contributed by atoms with E-state index in [1.807, 2.05) is 54.8 Å².